The summed E-state index contributed by atoms with van der Waals surface area (Å²) in [6.07, 6.45) is -0.875. The van der Waals surface area contributed by atoms with Gasteiger partial charge in [-0.05, 0) is 50.2 Å². The Morgan fingerprint density at radius 2 is 1.71 bits per heavy atom. The molecular weight excluding hydrogens is 382 g/mol. The van der Waals surface area contributed by atoms with Crippen molar-refractivity contribution in [2.24, 2.45) is 0 Å². The molecule has 1 aliphatic rings. The molecule has 1 heterocycles. The molecule has 2 atom stereocenters. The van der Waals surface area contributed by atoms with E-state index in [0.717, 1.165) is 9.87 Å². The van der Waals surface area contributed by atoms with Crippen LogP contribution in [0.5, 0.6) is 0 Å². The summed E-state index contributed by atoms with van der Waals surface area (Å²) >= 11 is 0. The van der Waals surface area contributed by atoms with Crippen molar-refractivity contribution in [1.29, 1.82) is 0 Å². The lowest BCUT2D eigenvalue weighted by Crippen LogP contribution is -2.26. The summed E-state index contributed by atoms with van der Waals surface area (Å²) < 4.78 is 36.8. The predicted molar refractivity (Wildman–Crippen MR) is 103 cm³/mol. The molecule has 8 heteroatoms. The summed E-state index contributed by atoms with van der Waals surface area (Å²) in [7, 11) is -2.28. The van der Waals surface area contributed by atoms with Crippen molar-refractivity contribution >= 4 is 27.6 Å². The Hall–Kier alpha value is -2.87. The highest BCUT2D eigenvalue weighted by molar-refractivity contribution is 7.92. The van der Waals surface area contributed by atoms with E-state index >= 15 is 0 Å². The summed E-state index contributed by atoms with van der Waals surface area (Å²) in [5, 5.41) is 0. The highest BCUT2D eigenvalue weighted by Crippen LogP contribution is 2.24. The summed E-state index contributed by atoms with van der Waals surface area (Å²) in [4.78, 5) is 24.0. The number of benzene rings is 2. The Bertz CT molecular complexity index is 982. The average molecular weight is 403 g/mol. The van der Waals surface area contributed by atoms with Crippen LogP contribution in [-0.2, 0) is 24.3 Å². The molecule has 0 N–H and O–H groups in total. The largest absolute Gasteiger partial charge is 0.460 e. The third-order valence-electron chi connectivity index (χ3n) is 4.52. The standard InChI is InChI=1S/C20H21NO6S/c1-13-4-10-17(11-5-13)28(24,25)21(3)16-8-6-15(7-9-16)19(22)27-18-12-14(2)26-20(18)23/h4-11,14,18H,12H2,1-3H3/t14-,18+/m0/s1. The number of hydrogen-bond donors (Lipinski definition) is 0. The number of carbonyl (C=O) groups excluding carboxylic acids is 2. The van der Waals surface area contributed by atoms with Crippen LogP contribution in [0.25, 0.3) is 0 Å². The molecule has 0 aromatic heterocycles. The van der Waals surface area contributed by atoms with Crippen molar-refractivity contribution in [2.45, 2.75) is 37.4 Å². The molecule has 0 amide bonds. The number of aryl methyl sites for hydroxylation is 1. The van der Waals surface area contributed by atoms with Crippen molar-refractivity contribution < 1.29 is 27.5 Å². The van der Waals surface area contributed by atoms with E-state index in [2.05, 4.69) is 0 Å². The molecule has 0 saturated carbocycles. The second kappa shape index (κ2) is 7.63. The van der Waals surface area contributed by atoms with Crippen LogP contribution in [0.1, 0.15) is 29.3 Å². The first-order valence-corrected chi connectivity index (χ1v) is 10.2. The third kappa shape index (κ3) is 4.01. The topological polar surface area (TPSA) is 90.0 Å². The first-order valence-electron chi connectivity index (χ1n) is 8.75. The van der Waals surface area contributed by atoms with Crippen molar-refractivity contribution in [3.05, 3.63) is 59.7 Å². The molecule has 2 aromatic carbocycles. The monoisotopic (exact) mass is 403 g/mol. The maximum Gasteiger partial charge on any atom is 0.347 e. The minimum Gasteiger partial charge on any atom is -0.460 e. The fourth-order valence-corrected chi connectivity index (χ4v) is 4.02. The molecule has 148 valence electrons. The lowest BCUT2D eigenvalue weighted by Gasteiger charge is -2.20. The number of anilines is 1. The van der Waals surface area contributed by atoms with Gasteiger partial charge in [-0.3, -0.25) is 4.31 Å². The van der Waals surface area contributed by atoms with Gasteiger partial charge in [0.1, 0.15) is 6.10 Å². The zero-order valence-corrected chi connectivity index (χ0v) is 16.6. The Morgan fingerprint density at radius 1 is 1.11 bits per heavy atom. The van der Waals surface area contributed by atoms with Gasteiger partial charge in [-0.1, -0.05) is 17.7 Å². The van der Waals surface area contributed by atoms with Crippen molar-refractivity contribution in [3.8, 4) is 0 Å². The normalized spacial score (nSPS) is 19.2. The van der Waals surface area contributed by atoms with E-state index < -0.39 is 28.1 Å². The lowest BCUT2D eigenvalue weighted by molar-refractivity contribution is -0.147. The molecule has 28 heavy (non-hydrogen) atoms. The predicted octanol–water partition coefficient (Wildman–Crippen LogP) is 2.68. The first kappa shape index (κ1) is 19.9. The van der Waals surface area contributed by atoms with E-state index in [-0.39, 0.29) is 16.6 Å². The SMILES string of the molecule is Cc1ccc(S(=O)(=O)N(C)c2ccc(C(=O)O[C@@H]3C[C@H](C)OC3=O)cc2)cc1. The van der Waals surface area contributed by atoms with E-state index in [0.29, 0.717) is 12.1 Å². The summed E-state index contributed by atoms with van der Waals surface area (Å²) in [5.74, 6) is -1.21. The highest BCUT2D eigenvalue weighted by atomic mass is 32.2. The van der Waals surface area contributed by atoms with E-state index in [9.17, 15) is 18.0 Å². The lowest BCUT2D eigenvalue weighted by atomic mass is 10.2. The fourth-order valence-electron chi connectivity index (χ4n) is 2.83. The van der Waals surface area contributed by atoms with Gasteiger partial charge in [0, 0.05) is 13.5 Å². The number of cyclic esters (lactones) is 1. The van der Waals surface area contributed by atoms with Gasteiger partial charge in [0.25, 0.3) is 10.0 Å². The molecule has 0 aliphatic carbocycles. The molecule has 1 saturated heterocycles. The van der Waals surface area contributed by atoms with Crippen LogP contribution in [0.2, 0.25) is 0 Å². The molecule has 7 nitrogen and oxygen atoms in total. The van der Waals surface area contributed by atoms with Gasteiger partial charge in [0.15, 0.2) is 0 Å². The smallest absolute Gasteiger partial charge is 0.347 e. The highest BCUT2D eigenvalue weighted by Gasteiger charge is 2.35. The summed E-state index contributed by atoms with van der Waals surface area (Å²) in [6, 6.07) is 12.5. The Morgan fingerprint density at radius 3 is 2.25 bits per heavy atom. The van der Waals surface area contributed by atoms with Crippen LogP contribution >= 0.6 is 0 Å². The second-order valence-corrected chi connectivity index (χ2v) is 8.68. The number of ether oxygens (including phenoxy) is 2. The van der Waals surface area contributed by atoms with E-state index in [1.165, 1.54) is 31.3 Å². The van der Waals surface area contributed by atoms with Gasteiger partial charge in [-0.15, -0.1) is 0 Å². The number of sulfonamides is 1. The summed E-state index contributed by atoms with van der Waals surface area (Å²) in [5.41, 5.74) is 1.58. The minimum absolute atomic E-state index is 0.179. The van der Waals surface area contributed by atoms with Gasteiger partial charge in [-0.2, -0.15) is 0 Å². The maximum atomic E-state index is 12.7. The zero-order chi connectivity index (χ0) is 20.5. The van der Waals surface area contributed by atoms with Crippen LogP contribution < -0.4 is 4.31 Å². The molecule has 0 radical (unpaired) electrons. The Balaban J connectivity index is 1.73. The van der Waals surface area contributed by atoms with Gasteiger partial charge >= 0.3 is 11.9 Å². The quantitative estimate of drug-likeness (QED) is 0.713. The number of nitrogens with zero attached hydrogens (tertiary/aromatic N) is 1. The number of esters is 2. The maximum absolute atomic E-state index is 12.7. The van der Waals surface area contributed by atoms with Gasteiger partial charge in [0.2, 0.25) is 6.10 Å². The van der Waals surface area contributed by atoms with Crippen molar-refractivity contribution in [2.75, 3.05) is 11.4 Å². The molecule has 2 aromatic rings. The minimum atomic E-state index is -3.72. The van der Waals surface area contributed by atoms with Crippen LogP contribution in [0.3, 0.4) is 0 Å². The van der Waals surface area contributed by atoms with Crippen LogP contribution in [-0.4, -0.2) is 39.6 Å². The van der Waals surface area contributed by atoms with Gasteiger partial charge in [-0.25, -0.2) is 18.0 Å². The number of rotatable bonds is 5. The Labute approximate surface area is 163 Å². The van der Waals surface area contributed by atoms with Crippen LogP contribution in [0.4, 0.5) is 5.69 Å². The van der Waals surface area contributed by atoms with E-state index in [4.69, 9.17) is 9.47 Å². The third-order valence-corrected chi connectivity index (χ3v) is 6.32. The number of carbonyl (C=O) groups is 2. The van der Waals surface area contributed by atoms with Crippen LogP contribution in [0.15, 0.2) is 53.4 Å². The van der Waals surface area contributed by atoms with Gasteiger partial charge < -0.3 is 9.47 Å². The molecule has 3 rings (SSSR count). The van der Waals surface area contributed by atoms with Crippen LogP contribution in [0, 0.1) is 6.92 Å². The van der Waals surface area contributed by atoms with Gasteiger partial charge in [0.05, 0.1) is 16.1 Å². The molecule has 1 fully saturated rings. The molecule has 0 spiro atoms. The molecule has 0 unspecified atom stereocenters. The molecule has 0 bridgehead atoms. The Kier molecular flexibility index (Phi) is 5.42. The van der Waals surface area contributed by atoms with E-state index in [1.807, 2.05) is 6.92 Å². The zero-order valence-electron chi connectivity index (χ0n) is 15.8. The van der Waals surface area contributed by atoms with Crippen molar-refractivity contribution in [1.82, 2.24) is 0 Å². The summed E-state index contributed by atoms with van der Waals surface area (Å²) in [6.45, 7) is 3.61. The number of hydrogen-bond acceptors (Lipinski definition) is 6. The average Bonchev–Trinajstić information content (AvgIpc) is 2.98. The fraction of sp³-hybridized carbons (Fsp3) is 0.300. The van der Waals surface area contributed by atoms with E-state index in [1.54, 1.807) is 31.2 Å². The second-order valence-electron chi connectivity index (χ2n) is 6.71. The first-order chi connectivity index (χ1) is 13.2. The van der Waals surface area contributed by atoms with Crippen molar-refractivity contribution in [3.63, 3.8) is 0 Å². The molecular formula is C20H21NO6S. The molecule has 1 aliphatic heterocycles.